The highest BCUT2D eigenvalue weighted by Gasteiger charge is 2.06. The molecule has 0 spiro atoms. The summed E-state index contributed by atoms with van der Waals surface area (Å²) in [6.45, 7) is 4.01. The lowest BCUT2D eigenvalue weighted by Gasteiger charge is -2.08. The highest BCUT2D eigenvalue weighted by molar-refractivity contribution is 5.58. The minimum Gasteiger partial charge on any atom is -0.494 e. The number of hydrogen-bond acceptors (Lipinski definition) is 6. The van der Waals surface area contributed by atoms with E-state index in [0.717, 1.165) is 33.9 Å². The standard InChI is InChI=1S/C21H21N5O/c1-14-12-15(2)21(27-3)20(13-14)26-25-19-10-8-18(9-11-19)24-23-17-6-4-16(22)5-7-17/h4-13H,22H2,1-3H3/b24-23+,26-25+. The van der Waals surface area contributed by atoms with E-state index < -0.39 is 0 Å². The van der Waals surface area contributed by atoms with Crippen LogP contribution < -0.4 is 10.5 Å². The van der Waals surface area contributed by atoms with Gasteiger partial charge in [-0.2, -0.15) is 15.3 Å². The van der Waals surface area contributed by atoms with E-state index >= 15 is 0 Å². The average Bonchev–Trinajstić information content (AvgIpc) is 2.66. The first kappa shape index (κ1) is 18.3. The topological polar surface area (TPSA) is 84.7 Å². The van der Waals surface area contributed by atoms with E-state index in [9.17, 15) is 0 Å². The summed E-state index contributed by atoms with van der Waals surface area (Å²) in [6.07, 6.45) is 0. The molecule has 6 heteroatoms. The molecular formula is C21H21N5O. The Bertz CT molecular complexity index is 977. The second-order valence-electron chi connectivity index (χ2n) is 6.14. The second kappa shape index (κ2) is 8.23. The van der Waals surface area contributed by atoms with Gasteiger partial charge in [0.2, 0.25) is 0 Å². The van der Waals surface area contributed by atoms with Gasteiger partial charge in [-0.05, 0) is 79.6 Å². The predicted octanol–water partition coefficient (Wildman–Crippen LogP) is 6.73. The zero-order chi connectivity index (χ0) is 19.2. The summed E-state index contributed by atoms with van der Waals surface area (Å²) < 4.78 is 5.43. The molecule has 0 radical (unpaired) electrons. The number of benzene rings is 3. The molecule has 6 nitrogen and oxygen atoms in total. The van der Waals surface area contributed by atoms with E-state index in [-0.39, 0.29) is 0 Å². The number of aryl methyl sites for hydroxylation is 2. The number of methoxy groups -OCH3 is 1. The van der Waals surface area contributed by atoms with Crippen LogP contribution in [0.25, 0.3) is 0 Å². The summed E-state index contributed by atoms with van der Waals surface area (Å²) in [5, 5.41) is 17.0. The van der Waals surface area contributed by atoms with E-state index in [1.165, 1.54) is 0 Å². The Morgan fingerprint density at radius 3 is 1.70 bits per heavy atom. The van der Waals surface area contributed by atoms with Crippen LogP contribution in [0.3, 0.4) is 0 Å². The van der Waals surface area contributed by atoms with Gasteiger partial charge in [0.1, 0.15) is 11.4 Å². The summed E-state index contributed by atoms with van der Waals surface area (Å²) >= 11 is 0. The fourth-order valence-electron chi connectivity index (χ4n) is 2.63. The van der Waals surface area contributed by atoms with Crippen LogP contribution in [0, 0.1) is 13.8 Å². The highest BCUT2D eigenvalue weighted by atomic mass is 16.5. The largest absolute Gasteiger partial charge is 0.494 e. The Balaban J connectivity index is 1.74. The van der Waals surface area contributed by atoms with E-state index in [2.05, 4.69) is 26.5 Å². The second-order valence-corrected chi connectivity index (χ2v) is 6.14. The van der Waals surface area contributed by atoms with Crippen molar-refractivity contribution in [2.45, 2.75) is 13.8 Å². The smallest absolute Gasteiger partial charge is 0.149 e. The summed E-state index contributed by atoms with van der Waals surface area (Å²) in [5.41, 5.74) is 11.4. The third-order valence-corrected chi connectivity index (χ3v) is 3.90. The van der Waals surface area contributed by atoms with Gasteiger partial charge in [0.15, 0.2) is 0 Å². The van der Waals surface area contributed by atoms with Gasteiger partial charge in [-0.25, -0.2) is 0 Å². The molecule has 0 aromatic heterocycles. The maximum absolute atomic E-state index is 5.66. The van der Waals surface area contributed by atoms with Gasteiger partial charge in [0.25, 0.3) is 0 Å². The summed E-state index contributed by atoms with van der Waals surface area (Å²) in [6, 6.07) is 18.6. The number of azo groups is 2. The Kier molecular flexibility index (Phi) is 5.56. The van der Waals surface area contributed by atoms with Gasteiger partial charge in [-0.3, -0.25) is 0 Å². The van der Waals surface area contributed by atoms with Crippen LogP contribution in [0.15, 0.2) is 81.1 Å². The molecule has 0 aliphatic carbocycles. The number of anilines is 1. The SMILES string of the molecule is COc1c(C)cc(C)cc1/N=N/c1ccc(/N=N/c2ccc(N)cc2)cc1. The molecule has 0 bridgehead atoms. The zero-order valence-electron chi connectivity index (χ0n) is 15.5. The number of nitrogen functional groups attached to an aromatic ring is 1. The van der Waals surface area contributed by atoms with Crippen LogP contribution in [-0.2, 0) is 0 Å². The van der Waals surface area contributed by atoms with Crippen molar-refractivity contribution in [1.82, 2.24) is 0 Å². The Hall–Kier alpha value is -3.54. The first-order valence-corrected chi connectivity index (χ1v) is 8.49. The van der Waals surface area contributed by atoms with Crippen LogP contribution in [0.5, 0.6) is 5.75 Å². The minimum atomic E-state index is 0.698. The van der Waals surface area contributed by atoms with Gasteiger partial charge >= 0.3 is 0 Å². The molecular weight excluding hydrogens is 338 g/mol. The first-order chi connectivity index (χ1) is 13.0. The fourth-order valence-corrected chi connectivity index (χ4v) is 2.63. The molecule has 0 saturated heterocycles. The molecule has 27 heavy (non-hydrogen) atoms. The van der Waals surface area contributed by atoms with Gasteiger partial charge in [0.05, 0.1) is 24.2 Å². The van der Waals surface area contributed by atoms with Gasteiger partial charge in [0, 0.05) is 5.69 Å². The number of rotatable bonds is 5. The molecule has 3 rings (SSSR count). The lowest BCUT2D eigenvalue weighted by molar-refractivity contribution is 0.412. The molecule has 0 amide bonds. The van der Waals surface area contributed by atoms with E-state index in [4.69, 9.17) is 10.5 Å². The Labute approximate surface area is 158 Å². The third kappa shape index (κ3) is 4.76. The summed E-state index contributed by atoms with van der Waals surface area (Å²) in [7, 11) is 1.64. The van der Waals surface area contributed by atoms with Crippen LogP contribution >= 0.6 is 0 Å². The van der Waals surface area contributed by atoms with Gasteiger partial charge in [-0.15, -0.1) is 5.11 Å². The summed E-state index contributed by atoms with van der Waals surface area (Å²) in [4.78, 5) is 0. The van der Waals surface area contributed by atoms with Crippen LogP contribution in [0.4, 0.5) is 28.4 Å². The highest BCUT2D eigenvalue weighted by Crippen LogP contribution is 2.33. The monoisotopic (exact) mass is 359 g/mol. The normalized spacial score (nSPS) is 11.4. The molecule has 0 aliphatic heterocycles. The molecule has 0 saturated carbocycles. The first-order valence-electron chi connectivity index (χ1n) is 8.49. The molecule has 3 aromatic rings. The van der Waals surface area contributed by atoms with Crippen molar-refractivity contribution in [3.05, 3.63) is 71.8 Å². The Morgan fingerprint density at radius 1 is 0.704 bits per heavy atom. The maximum atomic E-state index is 5.66. The van der Waals surface area contributed by atoms with Crippen molar-refractivity contribution in [3.63, 3.8) is 0 Å². The van der Waals surface area contributed by atoms with Crippen LogP contribution in [0.1, 0.15) is 11.1 Å². The van der Waals surface area contributed by atoms with E-state index in [1.54, 1.807) is 19.2 Å². The summed E-state index contributed by atoms with van der Waals surface area (Å²) in [5.74, 6) is 0.735. The van der Waals surface area contributed by atoms with Gasteiger partial charge in [-0.1, -0.05) is 6.07 Å². The maximum Gasteiger partial charge on any atom is 0.149 e. The third-order valence-electron chi connectivity index (χ3n) is 3.90. The van der Waals surface area contributed by atoms with Crippen molar-refractivity contribution in [2.24, 2.45) is 20.5 Å². The minimum absolute atomic E-state index is 0.698. The molecule has 0 fully saturated rings. The molecule has 0 heterocycles. The lowest BCUT2D eigenvalue weighted by atomic mass is 10.1. The van der Waals surface area contributed by atoms with Gasteiger partial charge < -0.3 is 10.5 Å². The molecule has 3 aromatic carbocycles. The van der Waals surface area contributed by atoms with Crippen molar-refractivity contribution in [1.29, 1.82) is 0 Å². The predicted molar refractivity (Wildman–Crippen MR) is 108 cm³/mol. The van der Waals surface area contributed by atoms with Crippen LogP contribution in [0.2, 0.25) is 0 Å². The number of hydrogen-bond donors (Lipinski definition) is 1. The number of nitrogens with two attached hydrogens (primary N) is 1. The molecule has 0 aliphatic rings. The lowest BCUT2D eigenvalue weighted by Crippen LogP contribution is -1.88. The van der Waals surface area contributed by atoms with Crippen molar-refractivity contribution in [2.75, 3.05) is 12.8 Å². The van der Waals surface area contributed by atoms with Crippen molar-refractivity contribution < 1.29 is 4.74 Å². The van der Waals surface area contributed by atoms with Crippen molar-refractivity contribution >= 4 is 28.4 Å². The number of ether oxygens (including phenoxy) is 1. The number of nitrogens with zero attached hydrogens (tertiary/aromatic N) is 4. The van der Waals surface area contributed by atoms with Crippen molar-refractivity contribution in [3.8, 4) is 5.75 Å². The van der Waals surface area contributed by atoms with E-state index in [0.29, 0.717) is 11.4 Å². The Morgan fingerprint density at radius 2 is 1.19 bits per heavy atom. The average molecular weight is 359 g/mol. The van der Waals surface area contributed by atoms with E-state index in [1.807, 2.05) is 56.3 Å². The quantitative estimate of drug-likeness (QED) is 0.405. The fraction of sp³-hybridized carbons (Fsp3) is 0.143. The zero-order valence-corrected chi connectivity index (χ0v) is 15.5. The molecule has 2 N–H and O–H groups in total. The molecule has 136 valence electrons. The van der Waals surface area contributed by atoms with Crippen LogP contribution in [-0.4, -0.2) is 7.11 Å². The molecule has 0 unspecified atom stereocenters. The molecule has 0 atom stereocenters.